The van der Waals surface area contributed by atoms with Crippen molar-refractivity contribution in [3.63, 3.8) is 0 Å². The average Bonchev–Trinajstić information content (AvgIpc) is 3.03. The Morgan fingerprint density at radius 2 is 1.92 bits per heavy atom. The molecular formula is C19H22N2O3. The van der Waals surface area contributed by atoms with Gasteiger partial charge in [-0.15, -0.1) is 0 Å². The highest BCUT2D eigenvalue weighted by Crippen LogP contribution is 2.23. The minimum atomic E-state index is -0.647. The second kappa shape index (κ2) is 7.47. The number of ether oxygens (including phenoxy) is 1. The smallest absolute Gasteiger partial charge is 0.319 e. The molecule has 2 amide bonds. The van der Waals surface area contributed by atoms with E-state index in [4.69, 9.17) is 4.74 Å². The molecule has 2 aromatic carbocycles. The largest absolute Gasteiger partial charge is 0.391 e. The minimum absolute atomic E-state index is 0.325. The van der Waals surface area contributed by atoms with Gasteiger partial charge >= 0.3 is 6.03 Å². The first-order chi connectivity index (χ1) is 11.6. The molecule has 0 saturated carbocycles. The summed E-state index contributed by atoms with van der Waals surface area (Å²) in [6, 6.07) is 14.8. The summed E-state index contributed by atoms with van der Waals surface area (Å²) >= 11 is 0. The van der Waals surface area contributed by atoms with E-state index in [1.54, 1.807) is 6.92 Å². The van der Waals surface area contributed by atoms with Crippen LogP contribution in [0.25, 0.3) is 0 Å². The van der Waals surface area contributed by atoms with Crippen LogP contribution in [0, 0.1) is 0 Å². The van der Waals surface area contributed by atoms with Crippen molar-refractivity contribution in [2.75, 3.05) is 5.32 Å². The maximum absolute atomic E-state index is 12.1. The average molecular weight is 326 g/mol. The van der Waals surface area contributed by atoms with Crippen molar-refractivity contribution in [1.29, 1.82) is 0 Å². The number of carbonyl (C=O) groups excluding carboxylic acids is 1. The molecule has 2 aromatic rings. The molecule has 1 heterocycles. The molecule has 24 heavy (non-hydrogen) atoms. The van der Waals surface area contributed by atoms with Gasteiger partial charge in [0.1, 0.15) is 0 Å². The number of benzene rings is 2. The SMILES string of the molecule is CC(NC(=O)Nc1ccc2c(c1)COC2)C(O)Cc1ccccc1. The number of amides is 2. The summed E-state index contributed by atoms with van der Waals surface area (Å²) in [4.78, 5) is 12.1. The second-order valence-corrected chi connectivity index (χ2v) is 6.12. The van der Waals surface area contributed by atoms with Gasteiger partial charge in [0, 0.05) is 12.1 Å². The zero-order valence-corrected chi connectivity index (χ0v) is 13.7. The first-order valence-corrected chi connectivity index (χ1v) is 8.11. The highest BCUT2D eigenvalue weighted by Gasteiger charge is 2.18. The molecule has 0 bridgehead atoms. The van der Waals surface area contributed by atoms with Gasteiger partial charge in [-0.1, -0.05) is 36.4 Å². The fourth-order valence-corrected chi connectivity index (χ4v) is 2.75. The van der Waals surface area contributed by atoms with Crippen molar-refractivity contribution in [2.45, 2.75) is 38.7 Å². The molecular weight excluding hydrogens is 304 g/mol. The molecule has 1 aliphatic heterocycles. The quantitative estimate of drug-likeness (QED) is 0.791. The molecule has 0 saturated heterocycles. The van der Waals surface area contributed by atoms with Crippen molar-refractivity contribution in [2.24, 2.45) is 0 Å². The van der Waals surface area contributed by atoms with Crippen LogP contribution in [0.3, 0.4) is 0 Å². The van der Waals surface area contributed by atoms with Crippen LogP contribution in [-0.2, 0) is 24.4 Å². The van der Waals surface area contributed by atoms with Crippen LogP contribution in [0.5, 0.6) is 0 Å². The van der Waals surface area contributed by atoms with Gasteiger partial charge < -0.3 is 20.5 Å². The van der Waals surface area contributed by atoms with E-state index in [2.05, 4.69) is 10.6 Å². The van der Waals surface area contributed by atoms with Gasteiger partial charge in [-0.3, -0.25) is 0 Å². The molecule has 1 aliphatic rings. The third-order valence-corrected chi connectivity index (χ3v) is 4.20. The Morgan fingerprint density at radius 3 is 2.71 bits per heavy atom. The van der Waals surface area contributed by atoms with Gasteiger partial charge in [-0.25, -0.2) is 4.79 Å². The molecule has 5 heteroatoms. The van der Waals surface area contributed by atoms with Crippen molar-refractivity contribution >= 4 is 11.7 Å². The molecule has 0 aliphatic carbocycles. The van der Waals surface area contributed by atoms with Gasteiger partial charge in [0.2, 0.25) is 0 Å². The summed E-state index contributed by atoms with van der Waals surface area (Å²) in [6.45, 7) is 3.01. The summed E-state index contributed by atoms with van der Waals surface area (Å²) in [6.07, 6.45) is -0.148. The Bertz CT molecular complexity index is 703. The van der Waals surface area contributed by atoms with Gasteiger partial charge in [0.15, 0.2) is 0 Å². The predicted octanol–water partition coefficient (Wildman–Crippen LogP) is 2.83. The third kappa shape index (κ3) is 4.13. The third-order valence-electron chi connectivity index (χ3n) is 4.20. The van der Waals surface area contributed by atoms with Crippen LogP contribution in [0.1, 0.15) is 23.6 Å². The van der Waals surface area contributed by atoms with Gasteiger partial charge in [-0.05, 0) is 35.7 Å². The van der Waals surface area contributed by atoms with Crippen LogP contribution in [-0.4, -0.2) is 23.3 Å². The monoisotopic (exact) mass is 326 g/mol. The van der Waals surface area contributed by atoms with Crippen LogP contribution in [0.4, 0.5) is 10.5 Å². The molecule has 2 unspecified atom stereocenters. The standard InChI is InChI=1S/C19H22N2O3/c1-13(18(22)9-14-5-3-2-4-6-14)20-19(23)21-17-8-7-15-11-24-12-16(15)10-17/h2-8,10,13,18,22H,9,11-12H2,1H3,(H2,20,21,23). The first kappa shape index (κ1) is 16.5. The highest BCUT2D eigenvalue weighted by molar-refractivity contribution is 5.89. The van der Waals surface area contributed by atoms with E-state index in [1.807, 2.05) is 48.5 Å². The number of hydrogen-bond donors (Lipinski definition) is 3. The molecule has 0 aromatic heterocycles. The second-order valence-electron chi connectivity index (χ2n) is 6.12. The number of rotatable bonds is 5. The summed E-state index contributed by atoms with van der Waals surface area (Å²) in [5.74, 6) is 0. The Balaban J connectivity index is 1.52. The number of aliphatic hydroxyl groups is 1. The Kier molecular flexibility index (Phi) is 5.13. The minimum Gasteiger partial charge on any atom is -0.391 e. The number of anilines is 1. The molecule has 0 fully saturated rings. The zero-order valence-electron chi connectivity index (χ0n) is 13.7. The molecule has 2 atom stereocenters. The number of hydrogen-bond acceptors (Lipinski definition) is 3. The fourth-order valence-electron chi connectivity index (χ4n) is 2.75. The number of nitrogens with one attached hydrogen (secondary N) is 2. The molecule has 126 valence electrons. The summed E-state index contributed by atoms with van der Waals surface area (Å²) in [7, 11) is 0. The zero-order chi connectivity index (χ0) is 16.9. The topological polar surface area (TPSA) is 70.6 Å². The Morgan fingerprint density at radius 1 is 1.17 bits per heavy atom. The molecule has 5 nitrogen and oxygen atoms in total. The van der Waals surface area contributed by atoms with Gasteiger partial charge in [0.05, 0.1) is 25.4 Å². The van der Waals surface area contributed by atoms with E-state index >= 15 is 0 Å². The van der Waals surface area contributed by atoms with E-state index in [9.17, 15) is 9.90 Å². The lowest BCUT2D eigenvalue weighted by atomic mass is 10.0. The lowest BCUT2D eigenvalue weighted by Gasteiger charge is -2.20. The first-order valence-electron chi connectivity index (χ1n) is 8.11. The number of carbonyl (C=O) groups is 1. The van der Waals surface area contributed by atoms with Crippen molar-refractivity contribution in [3.8, 4) is 0 Å². The Labute approximate surface area is 141 Å². The summed E-state index contributed by atoms with van der Waals surface area (Å²) < 4.78 is 5.37. The van der Waals surface area contributed by atoms with Gasteiger partial charge in [0.25, 0.3) is 0 Å². The van der Waals surface area contributed by atoms with Crippen molar-refractivity contribution < 1.29 is 14.6 Å². The summed E-state index contributed by atoms with van der Waals surface area (Å²) in [5.41, 5.74) is 4.02. The number of fused-ring (bicyclic) bond motifs is 1. The van der Waals surface area contributed by atoms with E-state index in [1.165, 1.54) is 0 Å². The van der Waals surface area contributed by atoms with Crippen LogP contribution in [0.15, 0.2) is 48.5 Å². The van der Waals surface area contributed by atoms with Crippen LogP contribution in [0.2, 0.25) is 0 Å². The lowest BCUT2D eigenvalue weighted by molar-refractivity contribution is 0.134. The fraction of sp³-hybridized carbons (Fsp3) is 0.316. The maximum atomic E-state index is 12.1. The van der Waals surface area contributed by atoms with Crippen molar-refractivity contribution in [3.05, 3.63) is 65.2 Å². The summed E-state index contributed by atoms with van der Waals surface area (Å²) in [5, 5.41) is 15.8. The van der Waals surface area contributed by atoms with E-state index < -0.39 is 6.10 Å². The number of aliphatic hydroxyl groups excluding tert-OH is 1. The number of urea groups is 1. The van der Waals surface area contributed by atoms with E-state index in [0.717, 1.165) is 22.4 Å². The van der Waals surface area contributed by atoms with Crippen LogP contribution < -0.4 is 10.6 Å². The van der Waals surface area contributed by atoms with Gasteiger partial charge in [-0.2, -0.15) is 0 Å². The Hall–Kier alpha value is -2.37. The lowest BCUT2D eigenvalue weighted by Crippen LogP contribution is -2.44. The van der Waals surface area contributed by atoms with Crippen molar-refractivity contribution in [1.82, 2.24) is 5.32 Å². The molecule has 3 rings (SSSR count). The predicted molar refractivity (Wildman–Crippen MR) is 92.7 cm³/mol. The highest BCUT2D eigenvalue weighted by atomic mass is 16.5. The molecule has 0 radical (unpaired) electrons. The van der Waals surface area contributed by atoms with Crippen LogP contribution >= 0.6 is 0 Å². The molecule has 3 N–H and O–H groups in total. The maximum Gasteiger partial charge on any atom is 0.319 e. The normalized spacial score (nSPS) is 15.4. The molecule has 0 spiro atoms. The van der Waals surface area contributed by atoms with E-state index in [0.29, 0.717) is 19.6 Å². The van der Waals surface area contributed by atoms with E-state index in [-0.39, 0.29) is 12.1 Å².